The van der Waals surface area contributed by atoms with Crippen molar-refractivity contribution in [3.8, 4) is 11.8 Å². The number of carbonyl (C=O) groups is 1. The van der Waals surface area contributed by atoms with Gasteiger partial charge in [-0.15, -0.1) is 0 Å². The molecule has 0 radical (unpaired) electrons. The summed E-state index contributed by atoms with van der Waals surface area (Å²) in [5, 5.41) is 8.73. The third-order valence-electron chi connectivity index (χ3n) is 2.34. The van der Waals surface area contributed by atoms with E-state index >= 15 is 0 Å². The topological polar surface area (TPSA) is 79.3 Å². The maximum Gasteiger partial charge on any atom is 0.231 e. The summed E-state index contributed by atoms with van der Waals surface area (Å²) in [6, 6.07) is 9.09. The molecule has 0 spiro atoms. The first-order valence-corrected chi connectivity index (χ1v) is 5.71. The Labute approximate surface area is 107 Å². The summed E-state index contributed by atoms with van der Waals surface area (Å²) < 4.78 is 5.51. The van der Waals surface area contributed by atoms with Crippen molar-refractivity contribution in [3.05, 3.63) is 29.8 Å². The van der Waals surface area contributed by atoms with Gasteiger partial charge in [0.1, 0.15) is 5.75 Å². The van der Waals surface area contributed by atoms with Crippen LogP contribution in [0.25, 0.3) is 0 Å². The van der Waals surface area contributed by atoms with E-state index in [9.17, 15) is 4.79 Å². The molecular weight excluding hydrogens is 230 g/mol. The third-order valence-corrected chi connectivity index (χ3v) is 2.34. The summed E-state index contributed by atoms with van der Waals surface area (Å²) >= 11 is 0. The number of hydrogen-bond acceptors (Lipinski definition) is 4. The minimum atomic E-state index is -0.333. The number of carbonyl (C=O) groups excluding carboxylic acids is 1. The lowest BCUT2D eigenvalue weighted by Crippen LogP contribution is -2.31. The molecule has 0 heterocycles. The van der Waals surface area contributed by atoms with Gasteiger partial charge in [-0.05, 0) is 31.7 Å². The number of nitrogens with zero attached hydrogens (tertiary/aromatic N) is 2. The molecule has 5 heteroatoms. The molecule has 1 aromatic carbocycles. The molecule has 0 saturated heterocycles. The summed E-state index contributed by atoms with van der Waals surface area (Å²) in [6.45, 7) is 1.53. The number of nitrogens with two attached hydrogens (primary N) is 1. The van der Waals surface area contributed by atoms with Crippen LogP contribution in [0.4, 0.5) is 0 Å². The minimum Gasteiger partial charge on any atom is -0.494 e. The summed E-state index contributed by atoms with van der Waals surface area (Å²) in [5.41, 5.74) is 5.66. The molecule has 0 aliphatic heterocycles. The Balaban J connectivity index is 2.25. The number of amides is 1. The molecule has 2 N–H and O–H groups in total. The summed E-state index contributed by atoms with van der Waals surface area (Å²) in [5.74, 6) is 0.353. The van der Waals surface area contributed by atoms with Crippen LogP contribution in [0.15, 0.2) is 24.3 Å². The summed E-state index contributed by atoms with van der Waals surface area (Å²) in [7, 11) is 1.83. The number of ether oxygens (including phenoxy) is 1. The Morgan fingerprint density at radius 1 is 1.56 bits per heavy atom. The zero-order valence-corrected chi connectivity index (χ0v) is 10.4. The van der Waals surface area contributed by atoms with Crippen LogP contribution in [0.1, 0.15) is 12.0 Å². The molecule has 1 aromatic rings. The highest BCUT2D eigenvalue weighted by atomic mass is 16.5. The van der Waals surface area contributed by atoms with E-state index in [0.717, 1.165) is 13.0 Å². The maximum absolute atomic E-state index is 10.7. The fraction of sp³-hybridized carbons (Fsp3) is 0.385. The lowest BCUT2D eigenvalue weighted by molar-refractivity contribution is -0.118. The molecule has 0 fully saturated rings. The number of hydrogen-bond donors (Lipinski definition) is 1. The van der Waals surface area contributed by atoms with E-state index in [2.05, 4.69) is 6.07 Å². The fourth-order valence-corrected chi connectivity index (χ4v) is 1.53. The molecule has 0 unspecified atom stereocenters. The van der Waals surface area contributed by atoms with Crippen molar-refractivity contribution in [2.75, 3.05) is 26.7 Å². The molecule has 0 saturated carbocycles. The Morgan fingerprint density at radius 2 is 2.33 bits per heavy atom. The van der Waals surface area contributed by atoms with Crippen molar-refractivity contribution in [1.29, 1.82) is 5.26 Å². The maximum atomic E-state index is 10.7. The van der Waals surface area contributed by atoms with Gasteiger partial charge in [0.15, 0.2) is 0 Å². The van der Waals surface area contributed by atoms with Gasteiger partial charge in [0.2, 0.25) is 5.91 Å². The van der Waals surface area contributed by atoms with E-state index in [1.807, 2.05) is 18.0 Å². The first kappa shape index (κ1) is 14.0. The highest BCUT2D eigenvalue weighted by Gasteiger charge is 2.02. The molecule has 0 bridgehead atoms. The normalized spacial score (nSPS) is 10.1. The van der Waals surface area contributed by atoms with Gasteiger partial charge in [-0.1, -0.05) is 6.07 Å². The van der Waals surface area contributed by atoms with Crippen LogP contribution in [0.5, 0.6) is 5.75 Å². The molecule has 0 aliphatic rings. The zero-order valence-electron chi connectivity index (χ0n) is 10.4. The predicted molar refractivity (Wildman–Crippen MR) is 68.0 cm³/mol. The Bertz CT molecular complexity index is 440. The molecule has 18 heavy (non-hydrogen) atoms. The van der Waals surface area contributed by atoms with Crippen molar-refractivity contribution in [2.24, 2.45) is 5.73 Å². The van der Waals surface area contributed by atoms with Crippen LogP contribution in [-0.2, 0) is 4.79 Å². The molecule has 1 rings (SSSR count). The monoisotopic (exact) mass is 247 g/mol. The largest absolute Gasteiger partial charge is 0.494 e. The van der Waals surface area contributed by atoms with Crippen LogP contribution < -0.4 is 10.5 Å². The van der Waals surface area contributed by atoms with Crippen LogP contribution in [-0.4, -0.2) is 37.6 Å². The smallest absolute Gasteiger partial charge is 0.231 e. The molecule has 1 amide bonds. The van der Waals surface area contributed by atoms with Gasteiger partial charge in [-0.3, -0.25) is 9.69 Å². The number of primary amides is 1. The van der Waals surface area contributed by atoms with Crippen LogP contribution in [0.2, 0.25) is 0 Å². The van der Waals surface area contributed by atoms with Gasteiger partial charge < -0.3 is 10.5 Å². The van der Waals surface area contributed by atoms with Crippen molar-refractivity contribution in [1.82, 2.24) is 4.90 Å². The summed E-state index contributed by atoms with van der Waals surface area (Å²) in [4.78, 5) is 12.5. The molecule has 0 aliphatic carbocycles. The Morgan fingerprint density at radius 3 is 3.00 bits per heavy atom. The van der Waals surface area contributed by atoms with Crippen LogP contribution >= 0.6 is 0 Å². The lowest BCUT2D eigenvalue weighted by Gasteiger charge is -2.14. The van der Waals surface area contributed by atoms with E-state index in [0.29, 0.717) is 17.9 Å². The lowest BCUT2D eigenvalue weighted by atomic mass is 10.2. The van der Waals surface area contributed by atoms with E-state index in [4.69, 9.17) is 15.7 Å². The second-order valence-corrected chi connectivity index (χ2v) is 4.05. The molecule has 96 valence electrons. The van der Waals surface area contributed by atoms with Crippen LogP contribution in [0.3, 0.4) is 0 Å². The number of rotatable bonds is 7. The molecule has 0 aromatic heterocycles. The SMILES string of the molecule is CN(CCCOc1cccc(C#N)c1)CC(N)=O. The van der Waals surface area contributed by atoms with Gasteiger partial charge in [-0.25, -0.2) is 0 Å². The second kappa shape index (κ2) is 7.30. The van der Waals surface area contributed by atoms with Gasteiger partial charge >= 0.3 is 0 Å². The molecule has 0 atom stereocenters. The first-order valence-electron chi connectivity index (χ1n) is 5.71. The highest BCUT2D eigenvalue weighted by Crippen LogP contribution is 2.12. The fourth-order valence-electron chi connectivity index (χ4n) is 1.53. The summed E-state index contributed by atoms with van der Waals surface area (Å²) in [6.07, 6.45) is 0.792. The van der Waals surface area contributed by atoms with Crippen LogP contribution in [0, 0.1) is 11.3 Å². The van der Waals surface area contributed by atoms with Gasteiger partial charge in [0.05, 0.1) is 24.8 Å². The third kappa shape index (κ3) is 5.32. The first-order chi connectivity index (χ1) is 8.61. The zero-order chi connectivity index (χ0) is 13.4. The second-order valence-electron chi connectivity index (χ2n) is 4.05. The number of benzene rings is 1. The standard InChI is InChI=1S/C13H17N3O2/c1-16(10-13(15)17)6-3-7-18-12-5-2-4-11(8-12)9-14/h2,4-5,8H,3,6-7,10H2,1H3,(H2,15,17). The van der Waals surface area contributed by atoms with E-state index in [1.165, 1.54) is 0 Å². The van der Waals surface area contributed by atoms with Crippen molar-refractivity contribution >= 4 is 5.91 Å². The van der Waals surface area contributed by atoms with E-state index in [-0.39, 0.29) is 12.5 Å². The average Bonchev–Trinajstić information content (AvgIpc) is 2.34. The van der Waals surface area contributed by atoms with Gasteiger partial charge in [0.25, 0.3) is 0 Å². The number of nitriles is 1. The molecular formula is C13H17N3O2. The minimum absolute atomic E-state index is 0.254. The average molecular weight is 247 g/mol. The molecule has 5 nitrogen and oxygen atoms in total. The van der Waals surface area contributed by atoms with Crippen molar-refractivity contribution < 1.29 is 9.53 Å². The van der Waals surface area contributed by atoms with Gasteiger partial charge in [-0.2, -0.15) is 5.26 Å². The van der Waals surface area contributed by atoms with Gasteiger partial charge in [0, 0.05) is 6.54 Å². The van der Waals surface area contributed by atoms with Crippen molar-refractivity contribution in [3.63, 3.8) is 0 Å². The number of likely N-dealkylation sites (N-methyl/N-ethyl adjacent to an activating group) is 1. The van der Waals surface area contributed by atoms with E-state index in [1.54, 1.807) is 18.2 Å². The van der Waals surface area contributed by atoms with Crippen molar-refractivity contribution in [2.45, 2.75) is 6.42 Å². The Kier molecular flexibility index (Phi) is 5.68. The highest BCUT2D eigenvalue weighted by molar-refractivity contribution is 5.75. The van der Waals surface area contributed by atoms with E-state index < -0.39 is 0 Å². The predicted octanol–water partition coefficient (Wildman–Crippen LogP) is 0.744. The Hall–Kier alpha value is -2.06. The quantitative estimate of drug-likeness (QED) is 0.721.